The molecule has 1 aliphatic carbocycles. The Kier molecular flexibility index (Phi) is 7.35. The lowest BCUT2D eigenvalue weighted by molar-refractivity contribution is -0.135. The van der Waals surface area contributed by atoms with Crippen LogP contribution in [-0.4, -0.2) is 11.1 Å². The first-order valence-corrected chi connectivity index (χ1v) is 4.25. The van der Waals surface area contributed by atoms with Crippen LogP contribution in [0.25, 0.3) is 0 Å². The highest BCUT2D eigenvalue weighted by Crippen LogP contribution is 2.07. The number of aliphatic carboxylic acids is 1. The zero-order chi connectivity index (χ0) is 9.23. The summed E-state index contributed by atoms with van der Waals surface area (Å²) >= 11 is 0. The van der Waals surface area contributed by atoms with E-state index in [0.717, 1.165) is 0 Å². The summed E-state index contributed by atoms with van der Waals surface area (Å²) in [6.07, 6.45) is 11.4. The molecule has 0 atom stereocenters. The molecule has 0 radical (unpaired) electrons. The van der Waals surface area contributed by atoms with Gasteiger partial charge >= 0.3 is 5.97 Å². The number of carboxylic acids is 1. The fourth-order valence-corrected chi connectivity index (χ4v) is 0.884. The van der Waals surface area contributed by atoms with Gasteiger partial charge in [-0.05, 0) is 25.7 Å². The second-order valence-corrected chi connectivity index (χ2v) is 2.64. The fourth-order valence-electron chi connectivity index (χ4n) is 0.884. The predicted molar refractivity (Wildman–Crippen MR) is 50.1 cm³/mol. The van der Waals surface area contributed by atoms with Crippen molar-refractivity contribution in [3.8, 4) is 0 Å². The van der Waals surface area contributed by atoms with Crippen molar-refractivity contribution in [2.24, 2.45) is 0 Å². The third-order valence-electron chi connectivity index (χ3n) is 1.48. The lowest BCUT2D eigenvalue weighted by Crippen LogP contribution is -1.88. The molecule has 0 fully saturated rings. The summed E-state index contributed by atoms with van der Waals surface area (Å²) in [6.45, 7) is 3.22. The summed E-state index contributed by atoms with van der Waals surface area (Å²) in [4.78, 5) is 9.53. The highest BCUT2D eigenvalue weighted by atomic mass is 16.4. The van der Waals surface area contributed by atoms with Crippen LogP contribution >= 0.6 is 0 Å². The first-order chi connectivity index (χ1) is 5.77. The van der Waals surface area contributed by atoms with E-state index in [2.05, 4.69) is 18.7 Å². The van der Waals surface area contributed by atoms with E-state index >= 15 is 0 Å². The number of hydrogen-bond donors (Lipinski definition) is 1. The molecule has 0 aromatic rings. The van der Waals surface area contributed by atoms with E-state index < -0.39 is 5.97 Å². The zero-order valence-electron chi connectivity index (χ0n) is 7.33. The maximum atomic E-state index is 9.53. The minimum atomic E-state index is -0.829. The van der Waals surface area contributed by atoms with E-state index in [0.29, 0.717) is 0 Å². The average molecular weight is 168 g/mol. The molecule has 2 nitrogen and oxygen atoms in total. The van der Waals surface area contributed by atoms with E-state index in [1.54, 1.807) is 0 Å². The van der Waals surface area contributed by atoms with E-state index in [1.807, 2.05) is 0 Å². The smallest absolute Gasteiger partial charge is 0.307 e. The summed E-state index contributed by atoms with van der Waals surface area (Å²) in [6, 6.07) is 0. The Morgan fingerprint density at radius 1 is 1.42 bits per heavy atom. The van der Waals surface area contributed by atoms with Crippen LogP contribution in [0.3, 0.4) is 0 Å². The Hall–Kier alpha value is -1.05. The minimum absolute atomic E-state index is 0.0556. The number of rotatable bonds is 2. The maximum Gasteiger partial charge on any atom is 0.307 e. The quantitative estimate of drug-likeness (QED) is 0.644. The molecule has 68 valence electrons. The Bertz CT molecular complexity index is 151. The van der Waals surface area contributed by atoms with Crippen LogP contribution in [0, 0.1) is 0 Å². The molecule has 1 rings (SSSR count). The van der Waals surface area contributed by atoms with Crippen LogP contribution in [0.1, 0.15) is 32.1 Å². The summed E-state index contributed by atoms with van der Waals surface area (Å²) in [5.74, 6) is -0.829. The summed E-state index contributed by atoms with van der Waals surface area (Å²) in [5.41, 5.74) is 0. The molecule has 0 aliphatic heterocycles. The van der Waals surface area contributed by atoms with Gasteiger partial charge in [-0.1, -0.05) is 18.2 Å². The van der Waals surface area contributed by atoms with Crippen LogP contribution in [0.15, 0.2) is 24.8 Å². The summed E-state index contributed by atoms with van der Waals surface area (Å²) in [5, 5.41) is 7.84. The van der Waals surface area contributed by atoms with Crippen molar-refractivity contribution in [2.45, 2.75) is 32.1 Å². The molecule has 0 aromatic heterocycles. The Balaban J connectivity index is 0.000000202. The number of allylic oxidation sites excluding steroid dienone is 2. The Morgan fingerprint density at radius 2 is 1.92 bits per heavy atom. The summed E-state index contributed by atoms with van der Waals surface area (Å²) < 4.78 is 0. The SMILES string of the molecule is C1=CCCCC1.C=CCC(=O)O. The fraction of sp³-hybridized carbons (Fsp3) is 0.500. The topological polar surface area (TPSA) is 37.3 Å². The molecular weight excluding hydrogens is 152 g/mol. The van der Waals surface area contributed by atoms with Gasteiger partial charge in [0.25, 0.3) is 0 Å². The van der Waals surface area contributed by atoms with Crippen LogP contribution in [0.4, 0.5) is 0 Å². The van der Waals surface area contributed by atoms with Crippen molar-refractivity contribution >= 4 is 5.97 Å². The monoisotopic (exact) mass is 168 g/mol. The third kappa shape index (κ3) is 8.95. The zero-order valence-corrected chi connectivity index (χ0v) is 7.33. The van der Waals surface area contributed by atoms with Crippen molar-refractivity contribution in [3.63, 3.8) is 0 Å². The van der Waals surface area contributed by atoms with Crippen molar-refractivity contribution in [2.75, 3.05) is 0 Å². The molecule has 1 N–H and O–H groups in total. The molecule has 0 saturated heterocycles. The van der Waals surface area contributed by atoms with Gasteiger partial charge in [-0.2, -0.15) is 0 Å². The number of hydrogen-bond acceptors (Lipinski definition) is 1. The first-order valence-electron chi connectivity index (χ1n) is 4.25. The van der Waals surface area contributed by atoms with Gasteiger partial charge in [-0.15, -0.1) is 6.58 Å². The maximum absolute atomic E-state index is 9.53. The lowest BCUT2D eigenvalue weighted by Gasteiger charge is -1.97. The summed E-state index contributed by atoms with van der Waals surface area (Å²) in [7, 11) is 0. The van der Waals surface area contributed by atoms with Gasteiger partial charge in [0.1, 0.15) is 0 Å². The minimum Gasteiger partial charge on any atom is -0.481 e. The van der Waals surface area contributed by atoms with Gasteiger partial charge in [-0.25, -0.2) is 0 Å². The molecule has 0 bridgehead atoms. The van der Waals surface area contributed by atoms with Crippen molar-refractivity contribution in [1.29, 1.82) is 0 Å². The molecule has 0 spiro atoms. The highest BCUT2D eigenvalue weighted by molar-refractivity contribution is 5.68. The van der Waals surface area contributed by atoms with Crippen LogP contribution < -0.4 is 0 Å². The first kappa shape index (κ1) is 11.0. The normalized spacial score (nSPS) is 14.3. The molecule has 12 heavy (non-hydrogen) atoms. The van der Waals surface area contributed by atoms with Gasteiger partial charge in [0.2, 0.25) is 0 Å². The Morgan fingerprint density at radius 3 is 2.00 bits per heavy atom. The van der Waals surface area contributed by atoms with Crippen LogP contribution in [0.5, 0.6) is 0 Å². The highest BCUT2D eigenvalue weighted by Gasteiger charge is 1.87. The van der Waals surface area contributed by atoms with E-state index in [4.69, 9.17) is 5.11 Å². The van der Waals surface area contributed by atoms with Gasteiger partial charge in [0.05, 0.1) is 6.42 Å². The molecule has 1 aliphatic rings. The number of carbonyl (C=O) groups is 1. The lowest BCUT2D eigenvalue weighted by atomic mass is 10.1. The molecule has 0 amide bonds. The van der Waals surface area contributed by atoms with Crippen LogP contribution in [0.2, 0.25) is 0 Å². The van der Waals surface area contributed by atoms with E-state index in [1.165, 1.54) is 31.8 Å². The van der Waals surface area contributed by atoms with Crippen molar-refractivity contribution in [3.05, 3.63) is 24.8 Å². The Labute approximate surface area is 73.6 Å². The van der Waals surface area contributed by atoms with Gasteiger partial charge in [0, 0.05) is 0 Å². The van der Waals surface area contributed by atoms with Crippen molar-refractivity contribution < 1.29 is 9.90 Å². The second-order valence-electron chi connectivity index (χ2n) is 2.64. The molecule has 0 aromatic carbocycles. The van der Waals surface area contributed by atoms with Gasteiger partial charge < -0.3 is 5.11 Å². The predicted octanol–water partition coefficient (Wildman–Crippen LogP) is 2.76. The standard InChI is InChI=1S/C6H10.C4H6O2/c1-2-4-6-5-3-1;1-2-3-4(5)6/h1-2H,3-6H2;2H,1,3H2,(H,5,6). The second kappa shape index (κ2) is 8.05. The van der Waals surface area contributed by atoms with E-state index in [9.17, 15) is 4.79 Å². The van der Waals surface area contributed by atoms with E-state index in [-0.39, 0.29) is 6.42 Å². The van der Waals surface area contributed by atoms with Crippen molar-refractivity contribution in [1.82, 2.24) is 0 Å². The molecule has 0 unspecified atom stereocenters. The molecule has 0 saturated carbocycles. The third-order valence-corrected chi connectivity index (χ3v) is 1.48. The molecule has 0 heterocycles. The largest absolute Gasteiger partial charge is 0.481 e. The van der Waals surface area contributed by atoms with Gasteiger partial charge in [0.15, 0.2) is 0 Å². The van der Waals surface area contributed by atoms with Gasteiger partial charge in [-0.3, -0.25) is 4.79 Å². The molecule has 2 heteroatoms. The molecular formula is C10H16O2. The van der Waals surface area contributed by atoms with Crippen LogP contribution in [-0.2, 0) is 4.79 Å². The number of carboxylic acid groups (broad SMARTS) is 1. The average Bonchev–Trinajstić information content (AvgIpc) is 2.08.